The van der Waals surface area contributed by atoms with Crippen LogP contribution in [0.2, 0.25) is 5.02 Å². The molecule has 8 nitrogen and oxygen atoms in total. The van der Waals surface area contributed by atoms with Crippen molar-refractivity contribution in [3.63, 3.8) is 0 Å². The van der Waals surface area contributed by atoms with Crippen molar-refractivity contribution >= 4 is 48.9 Å². The van der Waals surface area contributed by atoms with E-state index in [9.17, 15) is 21.6 Å². The first kappa shape index (κ1) is 24.1. The average molecular weight is 474 g/mol. The lowest BCUT2D eigenvalue weighted by Gasteiger charge is -2.12. The van der Waals surface area contributed by atoms with Crippen molar-refractivity contribution in [2.45, 2.75) is 38.1 Å². The van der Waals surface area contributed by atoms with Gasteiger partial charge >= 0.3 is 0 Å². The fourth-order valence-electron chi connectivity index (χ4n) is 2.54. The second kappa shape index (κ2) is 9.78. The van der Waals surface area contributed by atoms with Crippen LogP contribution in [0.25, 0.3) is 0 Å². The lowest BCUT2D eigenvalue weighted by atomic mass is 10.2. The molecule has 0 bridgehead atoms. The summed E-state index contributed by atoms with van der Waals surface area (Å²) >= 11 is 6.09. The van der Waals surface area contributed by atoms with Gasteiger partial charge in [0.15, 0.2) is 0 Å². The summed E-state index contributed by atoms with van der Waals surface area (Å²) in [5, 5.41) is 2.72. The molecular formula is C19H24ClN3O5S2. The van der Waals surface area contributed by atoms with Gasteiger partial charge in [0.2, 0.25) is 20.0 Å². The maximum Gasteiger partial charge on any atom is 0.257 e. The van der Waals surface area contributed by atoms with E-state index in [0.717, 1.165) is 0 Å². The third-order valence-electron chi connectivity index (χ3n) is 3.77. The molecular weight excluding hydrogens is 450 g/mol. The van der Waals surface area contributed by atoms with Crippen molar-refractivity contribution in [3.8, 4) is 0 Å². The zero-order valence-corrected chi connectivity index (χ0v) is 19.2. The summed E-state index contributed by atoms with van der Waals surface area (Å²) in [5.74, 6) is -0.588. The Labute approximate surface area is 182 Å². The van der Waals surface area contributed by atoms with Crippen molar-refractivity contribution in [2.75, 3.05) is 15.8 Å². The summed E-state index contributed by atoms with van der Waals surface area (Å²) in [6.45, 7) is 5.14. The van der Waals surface area contributed by atoms with E-state index in [1.54, 1.807) is 20.8 Å². The standard InChI is InChI=1S/C19H24ClN3O5S2/c1-4-11-29(25,26)23-15-7-5-14(6-8-15)21-19(24)17-12-16(9-10-18(17)20)30(27,28)22-13(2)3/h5-10,12-13,22-23H,4,11H2,1-3H3,(H,21,24). The van der Waals surface area contributed by atoms with Crippen LogP contribution in [0.1, 0.15) is 37.6 Å². The zero-order valence-electron chi connectivity index (χ0n) is 16.8. The Hall–Kier alpha value is -2.14. The number of rotatable bonds is 9. The predicted octanol–water partition coefficient (Wildman–Crippen LogP) is 3.43. The van der Waals surface area contributed by atoms with Crippen LogP contribution in [0.5, 0.6) is 0 Å². The molecule has 0 saturated heterocycles. The summed E-state index contributed by atoms with van der Waals surface area (Å²) in [7, 11) is -7.20. The summed E-state index contributed by atoms with van der Waals surface area (Å²) in [5.41, 5.74) is 0.756. The van der Waals surface area contributed by atoms with Gasteiger partial charge in [0.1, 0.15) is 0 Å². The Bertz CT molecular complexity index is 1120. The number of carbonyl (C=O) groups is 1. The van der Waals surface area contributed by atoms with Crippen molar-refractivity contribution in [2.24, 2.45) is 0 Å². The molecule has 164 valence electrons. The van der Waals surface area contributed by atoms with E-state index >= 15 is 0 Å². The monoisotopic (exact) mass is 473 g/mol. The van der Waals surface area contributed by atoms with E-state index in [-0.39, 0.29) is 27.3 Å². The van der Waals surface area contributed by atoms with Gasteiger partial charge in [0.05, 0.1) is 21.2 Å². The maximum atomic E-state index is 12.6. The Kier molecular flexibility index (Phi) is 7.87. The molecule has 0 unspecified atom stereocenters. The van der Waals surface area contributed by atoms with Gasteiger partial charge in [-0.15, -0.1) is 0 Å². The number of nitrogens with one attached hydrogen (secondary N) is 3. The molecule has 0 fully saturated rings. The van der Waals surface area contributed by atoms with Crippen LogP contribution in [-0.2, 0) is 20.0 Å². The highest BCUT2D eigenvalue weighted by molar-refractivity contribution is 7.92. The van der Waals surface area contributed by atoms with Gasteiger partial charge in [-0.2, -0.15) is 0 Å². The smallest absolute Gasteiger partial charge is 0.257 e. The largest absolute Gasteiger partial charge is 0.322 e. The molecule has 0 aliphatic heterocycles. The van der Waals surface area contributed by atoms with Crippen molar-refractivity contribution < 1.29 is 21.6 Å². The van der Waals surface area contributed by atoms with Crippen LogP contribution in [0, 0.1) is 0 Å². The van der Waals surface area contributed by atoms with Gasteiger partial charge in [-0.25, -0.2) is 21.6 Å². The molecule has 0 aliphatic rings. The molecule has 0 saturated carbocycles. The first-order chi connectivity index (χ1) is 13.9. The number of hydrogen-bond donors (Lipinski definition) is 3. The normalized spacial score (nSPS) is 12.0. The minimum absolute atomic E-state index is 0.00368. The number of carbonyl (C=O) groups excluding carboxylic acids is 1. The highest BCUT2D eigenvalue weighted by Crippen LogP contribution is 2.23. The van der Waals surface area contributed by atoms with Crippen LogP contribution in [0.4, 0.5) is 11.4 Å². The van der Waals surface area contributed by atoms with Crippen LogP contribution < -0.4 is 14.8 Å². The molecule has 0 aromatic heterocycles. The van der Waals surface area contributed by atoms with Crippen LogP contribution in [-0.4, -0.2) is 34.5 Å². The Morgan fingerprint density at radius 3 is 2.17 bits per heavy atom. The Balaban J connectivity index is 2.19. The molecule has 1 amide bonds. The second-order valence-electron chi connectivity index (χ2n) is 6.87. The van der Waals surface area contributed by atoms with Gasteiger partial charge in [-0.3, -0.25) is 9.52 Å². The summed E-state index contributed by atoms with van der Waals surface area (Å²) in [6, 6.07) is 9.63. The molecule has 2 rings (SSSR count). The summed E-state index contributed by atoms with van der Waals surface area (Å²) in [6.07, 6.45) is 0.492. The number of anilines is 2. The molecule has 2 aromatic rings. The third kappa shape index (κ3) is 6.69. The molecule has 0 atom stereocenters. The molecule has 11 heteroatoms. The summed E-state index contributed by atoms with van der Waals surface area (Å²) < 4.78 is 53.2. The fraction of sp³-hybridized carbons (Fsp3) is 0.316. The van der Waals surface area contributed by atoms with E-state index in [0.29, 0.717) is 17.8 Å². The third-order valence-corrected chi connectivity index (χ3v) is 7.25. The van der Waals surface area contributed by atoms with Crippen LogP contribution in [0.3, 0.4) is 0 Å². The number of amides is 1. The number of halogens is 1. The summed E-state index contributed by atoms with van der Waals surface area (Å²) in [4.78, 5) is 12.5. The van der Waals surface area contributed by atoms with E-state index in [4.69, 9.17) is 11.6 Å². The fourth-order valence-corrected chi connectivity index (χ4v) is 5.16. The molecule has 2 aromatic carbocycles. The zero-order chi connectivity index (χ0) is 22.5. The van der Waals surface area contributed by atoms with Gasteiger partial charge in [-0.05, 0) is 62.7 Å². The van der Waals surface area contributed by atoms with Gasteiger partial charge in [-0.1, -0.05) is 18.5 Å². The Morgan fingerprint density at radius 1 is 1.00 bits per heavy atom. The van der Waals surface area contributed by atoms with Crippen LogP contribution >= 0.6 is 11.6 Å². The van der Waals surface area contributed by atoms with Crippen molar-refractivity contribution in [3.05, 3.63) is 53.1 Å². The van der Waals surface area contributed by atoms with E-state index in [1.165, 1.54) is 42.5 Å². The molecule has 0 spiro atoms. The molecule has 0 heterocycles. The molecule has 3 N–H and O–H groups in total. The van der Waals surface area contributed by atoms with Crippen molar-refractivity contribution in [1.29, 1.82) is 0 Å². The lowest BCUT2D eigenvalue weighted by Crippen LogP contribution is -2.30. The first-order valence-electron chi connectivity index (χ1n) is 9.17. The number of sulfonamides is 2. The molecule has 0 aliphatic carbocycles. The number of hydrogen-bond acceptors (Lipinski definition) is 5. The number of benzene rings is 2. The molecule has 30 heavy (non-hydrogen) atoms. The first-order valence-corrected chi connectivity index (χ1v) is 12.7. The second-order valence-corrected chi connectivity index (χ2v) is 10.8. The van der Waals surface area contributed by atoms with E-state index in [2.05, 4.69) is 14.8 Å². The average Bonchev–Trinajstić information content (AvgIpc) is 2.62. The maximum absolute atomic E-state index is 12.6. The SMILES string of the molecule is CCCS(=O)(=O)Nc1ccc(NC(=O)c2cc(S(=O)(=O)NC(C)C)ccc2Cl)cc1. The quantitative estimate of drug-likeness (QED) is 0.515. The highest BCUT2D eigenvalue weighted by atomic mass is 35.5. The van der Waals surface area contributed by atoms with Gasteiger partial charge < -0.3 is 5.32 Å². The Morgan fingerprint density at radius 2 is 1.60 bits per heavy atom. The van der Waals surface area contributed by atoms with Crippen molar-refractivity contribution in [1.82, 2.24) is 4.72 Å². The van der Waals surface area contributed by atoms with E-state index < -0.39 is 26.0 Å². The minimum Gasteiger partial charge on any atom is -0.322 e. The van der Waals surface area contributed by atoms with Gasteiger partial charge in [0.25, 0.3) is 5.91 Å². The minimum atomic E-state index is -3.79. The molecule has 0 radical (unpaired) electrons. The van der Waals surface area contributed by atoms with Gasteiger partial charge in [0, 0.05) is 17.4 Å². The highest BCUT2D eigenvalue weighted by Gasteiger charge is 2.20. The predicted molar refractivity (Wildman–Crippen MR) is 119 cm³/mol. The van der Waals surface area contributed by atoms with Crippen LogP contribution in [0.15, 0.2) is 47.4 Å². The van der Waals surface area contributed by atoms with E-state index in [1.807, 2.05) is 0 Å². The lowest BCUT2D eigenvalue weighted by molar-refractivity contribution is 0.102. The topological polar surface area (TPSA) is 121 Å².